The van der Waals surface area contributed by atoms with E-state index in [0.717, 1.165) is 31.1 Å². The fraction of sp³-hybridized carbons (Fsp3) is 0.278. The Morgan fingerprint density at radius 1 is 1.16 bits per heavy atom. The van der Waals surface area contributed by atoms with Gasteiger partial charge < -0.3 is 15.0 Å². The number of likely N-dealkylation sites (N-methyl/N-ethyl adjacent to an activating group) is 1. The summed E-state index contributed by atoms with van der Waals surface area (Å²) in [6.07, 6.45) is -3.92. The van der Waals surface area contributed by atoms with Crippen molar-refractivity contribution >= 4 is 11.6 Å². The number of halogens is 3. The molecule has 0 unspecified atom stereocenters. The molecule has 1 aliphatic rings. The van der Waals surface area contributed by atoms with E-state index in [0.29, 0.717) is 5.69 Å². The van der Waals surface area contributed by atoms with Gasteiger partial charge in [-0.05, 0) is 48.9 Å². The first kappa shape index (κ1) is 17.3. The van der Waals surface area contributed by atoms with Gasteiger partial charge in [0.05, 0.1) is 5.56 Å². The van der Waals surface area contributed by atoms with Gasteiger partial charge in [0.2, 0.25) is 0 Å². The minimum Gasteiger partial charge on any atom is -0.405 e. The molecule has 7 heteroatoms. The molecule has 2 aromatic rings. The van der Waals surface area contributed by atoms with E-state index in [9.17, 15) is 18.0 Å². The van der Waals surface area contributed by atoms with Crippen LogP contribution in [0.3, 0.4) is 0 Å². The van der Waals surface area contributed by atoms with E-state index in [1.165, 1.54) is 23.8 Å². The number of anilines is 1. The number of amides is 1. The minimum atomic E-state index is -4.85. The zero-order chi connectivity index (χ0) is 18.0. The summed E-state index contributed by atoms with van der Waals surface area (Å²) in [5, 5.41) is 2.64. The van der Waals surface area contributed by atoms with Gasteiger partial charge in [-0.3, -0.25) is 4.79 Å². The van der Waals surface area contributed by atoms with Gasteiger partial charge in [-0.15, -0.1) is 13.2 Å². The molecular formula is C18H17F3N2O2. The standard InChI is InChI=1S/C18H17F3N2O2/c1-23-9-8-12-6-7-14(10-13(12)11-23)22-17(24)15-4-2-3-5-16(15)25-18(19,20)21/h2-7,10H,8-9,11H2,1H3,(H,22,24). The summed E-state index contributed by atoms with van der Waals surface area (Å²) in [5.74, 6) is -1.17. The van der Waals surface area contributed by atoms with E-state index in [4.69, 9.17) is 0 Å². The molecule has 0 radical (unpaired) electrons. The van der Waals surface area contributed by atoms with Crippen molar-refractivity contribution in [2.75, 3.05) is 18.9 Å². The molecule has 25 heavy (non-hydrogen) atoms. The van der Waals surface area contributed by atoms with Gasteiger partial charge in [0.15, 0.2) is 0 Å². The van der Waals surface area contributed by atoms with E-state index in [1.54, 1.807) is 6.07 Å². The fourth-order valence-corrected chi connectivity index (χ4v) is 2.84. The number of fused-ring (bicyclic) bond motifs is 1. The van der Waals surface area contributed by atoms with Gasteiger partial charge in [0.25, 0.3) is 5.91 Å². The molecule has 0 atom stereocenters. The Morgan fingerprint density at radius 3 is 2.68 bits per heavy atom. The normalized spacial score (nSPS) is 14.7. The first-order valence-corrected chi connectivity index (χ1v) is 7.78. The van der Waals surface area contributed by atoms with Crippen LogP contribution in [0, 0.1) is 0 Å². The van der Waals surface area contributed by atoms with Crippen LogP contribution in [-0.2, 0) is 13.0 Å². The molecule has 4 nitrogen and oxygen atoms in total. The number of hydrogen-bond donors (Lipinski definition) is 1. The minimum absolute atomic E-state index is 0.172. The highest BCUT2D eigenvalue weighted by molar-refractivity contribution is 6.06. The highest BCUT2D eigenvalue weighted by atomic mass is 19.4. The van der Waals surface area contributed by atoms with Crippen LogP contribution in [0.1, 0.15) is 21.5 Å². The van der Waals surface area contributed by atoms with Crippen LogP contribution < -0.4 is 10.1 Å². The maximum atomic E-state index is 12.5. The van der Waals surface area contributed by atoms with Crippen LogP contribution >= 0.6 is 0 Å². The summed E-state index contributed by atoms with van der Waals surface area (Å²) in [5.41, 5.74) is 2.69. The van der Waals surface area contributed by atoms with Crippen molar-refractivity contribution in [2.24, 2.45) is 0 Å². The quantitative estimate of drug-likeness (QED) is 0.915. The number of ether oxygens (including phenoxy) is 1. The molecule has 0 aliphatic carbocycles. The summed E-state index contributed by atoms with van der Waals surface area (Å²) in [6, 6.07) is 10.8. The predicted octanol–water partition coefficient (Wildman–Crippen LogP) is 3.83. The summed E-state index contributed by atoms with van der Waals surface area (Å²) in [6.45, 7) is 1.74. The molecule has 132 valence electrons. The molecule has 1 N–H and O–H groups in total. The average Bonchev–Trinajstić information content (AvgIpc) is 2.53. The Kier molecular flexibility index (Phi) is 4.67. The number of nitrogens with zero attached hydrogens (tertiary/aromatic N) is 1. The van der Waals surface area contributed by atoms with Gasteiger partial charge in [0, 0.05) is 18.8 Å². The van der Waals surface area contributed by atoms with E-state index in [2.05, 4.69) is 15.0 Å². The lowest BCUT2D eigenvalue weighted by Crippen LogP contribution is -2.26. The van der Waals surface area contributed by atoms with Crippen molar-refractivity contribution in [3.05, 3.63) is 59.2 Å². The second kappa shape index (κ2) is 6.76. The van der Waals surface area contributed by atoms with Gasteiger partial charge in [-0.25, -0.2) is 0 Å². The highest BCUT2D eigenvalue weighted by Crippen LogP contribution is 2.27. The molecule has 1 aliphatic heterocycles. The summed E-state index contributed by atoms with van der Waals surface area (Å²) >= 11 is 0. The topological polar surface area (TPSA) is 41.6 Å². The van der Waals surface area contributed by atoms with E-state index >= 15 is 0 Å². The molecule has 2 aromatic carbocycles. The van der Waals surface area contributed by atoms with Crippen molar-refractivity contribution < 1.29 is 22.7 Å². The molecule has 3 rings (SSSR count). The highest BCUT2D eigenvalue weighted by Gasteiger charge is 2.32. The number of alkyl halides is 3. The van der Waals surface area contributed by atoms with Gasteiger partial charge >= 0.3 is 6.36 Å². The van der Waals surface area contributed by atoms with Gasteiger partial charge in [-0.2, -0.15) is 0 Å². The molecular weight excluding hydrogens is 333 g/mol. The SMILES string of the molecule is CN1CCc2ccc(NC(=O)c3ccccc3OC(F)(F)F)cc2C1. The number of para-hydroxylation sites is 1. The van der Waals surface area contributed by atoms with E-state index < -0.39 is 18.0 Å². The Labute approximate surface area is 143 Å². The Morgan fingerprint density at radius 2 is 1.92 bits per heavy atom. The third-order valence-corrected chi connectivity index (χ3v) is 4.02. The van der Waals surface area contributed by atoms with Crippen molar-refractivity contribution in [1.82, 2.24) is 4.90 Å². The second-order valence-electron chi connectivity index (χ2n) is 5.97. The smallest absolute Gasteiger partial charge is 0.405 e. The molecule has 0 saturated heterocycles. The van der Waals surface area contributed by atoms with Crippen LogP contribution in [0.15, 0.2) is 42.5 Å². The van der Waals surface area contributed by atoms with Crippen molar-refractivity contribution in [3.63, 3.8) is 0 Å². The maximum Gasteiger partial charge on any atom is 0.573 e. The first-order chi connectivity index (χ1) is 11.8. The number of hydrogen-bond acceptors (Lipinski definition) is 3. The molecule has 1 heterocycles. The molecule has 0 bridgehead atoms. The number of nitrogens with one attached hydrogen (secondary N) is 1. The van der Waals surface area contributed by atoms with Crippen LogP contribution in [0.25, 0.3) is 0 Å². The van der Waals surface area contributed by atoms with Crippen molar-refractivity contribution in [3.8, 4) is 5.75 Å². The van der Waals surface area contributed by atoms with E-state index in [-0.39, 0.29) is 5.56 Å². The lowest BCUT2D eigenvalue weighted by Gasteiger charge is -2.25. The third-order valence-electron chi connectivity index (χ3n) is 4.02. The maximum absolute atomic E-state index is 12.5. The molecule has 0 saturated carbocycles. The zero-order valence-electron chi connectivity index (χ0n) is 13.6. The number of carbonyl (C=O) groups is 1. The number of rotatable bonds is 3. The fourth-order valence-electron chi connectivity index (χ4n) is 2.84. The van der Waals surface area contributed by atoms with Crippen molar-refractivity contribution in [2.45, 2.75) is 19.3 Å². The largest absolute Gasteiger partial charge is 0.573 e. The second-order valence-corrected chi connectivity index (χ2v) is 5.97. The van der Waals surface area contributed by atoms with E-state index in [1.807, 2.05) is 19.2 Å². The third kappa shape index (κ3) is 4.30. The number of carbonyl (C=O) groups excluding carboxylic acids is 1. The van der Waals surface area contributed by atoms with Crippen LogP contribution in [-0.4, -0.2) is 30.8 Å². The zero-order valence-corrected chi connectivity index (χ0v) is 13.6. The average molecular weight is 350 g/mol. The molecule has 0 spiro atoms. The summed E-state index contributed by atoms with van der Waals surface area (Å²) in [4.78, 5) is 14.6. The summed E-state index contributed by atoms with van der Waals surface area (Å²) < 4.78 is 41.4. The molecule has 0 aromatic heterocycles. The lowest BCUT2D eigenvalue weighted by molar-refractivity contribution is -0.274. The van der Waals surface area contributed by atoms with Crippen LogP contribution in [0.2, 0.25) is 0 Å². The summed E-state index contributed by atoms with van der Waals surface area (Å²) in [7, 11) is 2.01. The Balaban J connectivity index is 1.80. The Bertz CT molecular complexity index is 790. The monoisotopic (exact) mass is 350 g/mol. The first-order valence-electron chi connectivity index (χ1n) is 7.78. The predicted molar refractivity (Wildman–Crippen MR) is 87.6 cm³/mol. The van der Waals surface area contributed by atoms with Gasteiger partial charge in [0.1, 0.15) is 5.75 Å². The van der Waals surface area contributed by atoms with Crippen LogP contribution in [0.5, 0.6) is 5.75 Å². The molecule has 1 amide bonds. The van der Waals surface area contributed by atoms with Crippen LogP contribution in [0.4, 0.5) is 18.9 Å². The Hall–Kier alpha value is -2.54. The lowest BCUT2D eigenvalue weighted by atomic mass is 9.99. The van der Waals surface area contributed by atoms with Crippen molar-refractivity contribution in [1.29, 1.82) is 0 Å². The van der Waals surface area contributed by atoms with Gasteiger partial charge in [-0.1, -0.05) is 18.2 Å². The number of benzene rings is 2. The molecule has 0 fully saturated rings.